The largest absolute Gasteiger partial charge is 0.143 e. The van der Waals surface area contributed by atoms with E-state index in [4.69, 9.17) is 0 Å². The maximum absolute atomic E-state index is 2.42. The Morgan fingerprint density at radius 1 is 0.216 bits per heavy atom. The van der Waals surface area contributed by atoms with Gasteiger partial charge in [-0.3, -0.25) is 0 Å². The first kappa shape index (κ1) is 27.2. The molecule has 13 aromatic rings. The normalized spacial score (nSPS) is 12.7. The van der Waals surface area contributed by atoms with Gasteiger partial charge in [0.1, 0.15) is 0 Å². The summed E-state index contributed by atoms with van der Waals surface area (Å²) in [5, 5.41) is 35.4. The van der Waals surface area contributed by atoms with Crippen molar-refractivity contribution in [1.82, 2.24) is 0 Å². The van der Waals surface area contributed by atoms with Crippen LogP contribution in [0.15, 0.2) is 144 Å². The molecule has 0 aliphatic carbocycles. The molecule has 3 heteroatoms. The van der Waals surface area contributed by atoms with Crippen LogP contribution in [0.1, 0.15) is 0 Å². The molecule has 10 aromatic carbocycles. The monoisotopic (exact) mass is 696 g/mol. The quantitative estimate of drug-likeness (QED) is 0.138. The van der Waals surface area contributed by atoms with Gasteiger partial charge in [-0.15, -0.1) is 34.0 Å². The van der Waals surface area contributed by atoms with Crippen molar-refractivity contribution in [3.8, 4) is 0 Å². The number of hydrogen-bond donors (Lipinski definition) is 0. The Bertz CT molecular complexity index is 3280. The molecule has 0 saturated carbocycles. The van der Waals surface area contributed by atoms with Gasteiger partial charge in [0.15, 0.2) is 0 Å². The minimum atomic E-state index is 1.29. The van der Waals surface area contributed by atoms with Gasteiger partial charge in [0.2, 0.25) is 0 Å². The molecule has 0 bridgehead atoms. The standard InChI is InChI=1S/C48H24S3/c1-4-10-28-25(7-1)13-16-31-37(28)34-19-22-49-46(34)43-40(31)44-42(33-18-15-27-9-3-6-12-30(27)39(33)35-20-23-50-47(35)44)45-41(43)32-17-14-26-8-2-5-11-29(26)38(32)36-21-24-51-48(36)45/h1-24H. The second-order valence-corrected chi connectivity index (χ2v) is 16.6. The first-order valence-electron chi connectivity index (χ1n) is 17.4. The van der Waals surface area contributed by atoms with Crippen molar-refractivity contribution in [1.29, 1.82) is 0 Å². The van der Waals surface area contributed by atoms with Crippen molar-refractivity contribution < 1.29 is 0 Å². The van der Waals surface area contributed by atoms with Crippen LogP contribution in [0.4, 0.5) is 0 Å². The van der Waals surface area contributed by atoms with Gasteiger partial charge < -0.3 is 0 Å². The Kier molecular flexibility index (Phi) is 5.11. The smallest absolute Gasteiger partial charge is 0.0434 e. The van der Waals surface area contributed by atoms with E-state index in [1.807, 2.05) is 34.0 Å². The molecule has 0 aliphatic heterocycles. The lowest BCUT2D eigenvalue weighted by atomic mass is 9.83. The molecule has 0 nitrogen and oxygen atoms in total. The predicted molar refractivity (Wildman–Crippen MR) is 230 cm³/mol. The van der Waals surface area contributed by atoms with Crippen molar-refractivity contribution in [3.63, 3.8) is 0 Å². The highest BCUT2D eigenvalue weighted by Gasteiger charge is 2.26. The van der Waals surface area contributed by atoms with Crippen LogP contribution in [0.3, 0.4) is 0 Å². The highest BCUT2D eigenvalue weighted by Crippen LogP contribution is 2.55. The lowest BCUT2D eigenvalue weighted by Gasteiger charge is -2.21. The van der Waals surface area contributed by atoms with E-state index in [2.05, 4.69) is 144 Å². The van der Waals surface area contributed by atoms with E-state index in [1.54, 1.807) is 0 Å². The SMILES string of the molecule is c1ccc2c(c1)ccc1c2c2ccsc2c2c1c1c3sccc3c3c4ccccc4ccc3c1c1c3sccc3c3c4ccccc4ccc3c21. The Labute approximate surface area is 303 Å². The second kappa shape index (κ2) is 9.60. The molecule has 0 saturated heterocycles. The van der Waals surface area contributed by atoms with Crippen molar-refractivity contribution in [2.24, 2.45) is 0 Å². The van der Waals surface area contributed by atoms with Crippen LogP contribution in [-0.2, 0) is 0 Å². The lowest BCUT2D eigenvalue weighted by Crippen LogP contribution is -1.92. The third-order valence-corrected chi connectivity index (χ3v) is 14.4. The van der Waals surface area contributed by atoms with Crippen LogP contribution < -0.4 is 0 Å². The van der Waals surface area contributed by atoms with Gasteiger partial charge in [-0.25, -0.2) is 0 Å². The number of thiophene rings is 3. The van der Waals surface area contributed by atoms with Gasteiger partial charge >= 0.3 is 0 Å². The summed E-state index contributed by atoms with van der Waals surface area (Å²) in [5.41, 5.74) is 0. The molecule has 0 amide bonds. The van der Waals surface area contributed by atoms with E-state index >= 15 is 0 Å². The van der Waals surface area contributed by atoms with E-state index in [1.165, 1.54) is 127 Å². The molecule has 3 heterocycles. The maximum atomic E-state index is 2.42. The first-order valence-corrected chi connectivity index (χ1v) is 20.0. The Morgan fingerprint density at radius 2 is 0.529 bits per heavy atom. The number of benzene rings is 10. The molecule has 0 fully saturated rings. The van der Waals surface area contributed by atoms with Gasteiger partial charge in [-0.05, 0) is 99.0 Å². The third kappa shape index (κ3) is 3.27. The average Bonchev–Trinajstić information content (AvgIpc) is 3.98. The second-order valence-electron chi connectivity index (χ2n) is 13.9. The summed E-state index contributed by atoms with van der Waals surface area (Å²) in [6.45, 7) is 0. The van der Waals surface area contributed by atoms with Gasteiger partial charge in [-0.1, -0.05) is 109 Å². The minimum absolute atomic E-state index is 1.29. The van der Waals surface area contributed by atoms with Gasteiger partial charge in [0, 0.05) is 62.6 Å². The summed E-state index contributed by atoms with van der Waals surface area (Å²) in [4.78, 5) is 0. The van der Waals surface area contributed by atoms with Gasteiger partial charge in [0.05, 0.1) is 0 Å². The van der Waals surface area contributed by atoms with Gasteiger partial charge in [-0.2, -0.15) is 0 Å². The topological polar surface area (TPSA) is 0 Å². The third-order valence-electron chi connectivity index (χ3n) is 11.6. The van der Waals surface area contributed by atoms with Crippen LogP contribution in [-0.4, -0.2) is 0 Å². The highest BCUT2D eigenvalue weighted by molar-refractivity contribution is 7.20. The summed E-state index contributed by atoms with van der Waals surface area (Å²) in [7, 11) is 0. The molecule has 0 unspecified atom stereocenters. The zero-order chi connectivity index (χ0) is 32.9. The fourth-order valence-corrected chi connectivity index (χ4v) is 12.5. The van der Waals surface area contributed by atoms with E-state index in [0.29, 0.717) is 0 Å². The van der Waals surface area contributed by atoms with Gasteiger partial charge in [0.25, 0.3) is 0 Å². The van der Waals surface area contributed by atoms with Crippen molar-refractivity contribution in [3.05, 3.63) is 144 Å². The summed E-state index contributed by atoms with van der Waals surface area (Å²) >= 11 is 5.71. The molecule has 0 atom stereocenters. The van der Waals surface area contributed by atoms with E-state index in [9.17, 15) is 0 Å². The van der Waals surface area contributed by atoms with Crippen molar-refractivity contribution >= 4 is 161 Å². The maximum Gasteiger partial charge on any atom is 0.0434 e. The zero-order valence-corrected chi connectivity index (χ0v) is 29.5. The number of rotatable bonds is 0. The van der Waals surface area contributed by atoms with E-state index < -0.39 is 0 Å². The average molecular weight is 697 g/mol. The molecule has 13 rings (SSSR count). The predicted octanol–water partition coefficient (Wildman–Crippen LogP) is 15.7. The molecular weight excluding hydrogens is 673 g/mol. The molecule has 3 aromatic heterocycles. The Hall–Kier alpha value is -5.58. The number of hydrogen-bond acceptors (Lipinski definition) is 3. The van der Waals surface area contributed by atoms with Crippen LogP contribution in [0.25, 0.3) is 127 Å². The molecule has 51 heavy (non-hydrogen) atoms. The first-order chi connectivity index (χ1) is 25.3. The molecule has 0 N–H and O–H groups in total. The summed E-state index contributed by atoms with van der Waals surface area (Å²) < 4.78 is 4.15. The van der Waals surface area contributed by atoms with Crippen molar-refractivity contribution in [2.45, 2.75) is 0 Å². The van der Waals surface area contributed by atoms with Crippen LogP contribution in [0.2, 0.25) is 0 Å². The fraction of sp³-hybridized carbons (Fsp3) is 0. The molecule has 0 radical (unpaired) electrons. The minimum Gasteiger partial charge on any atom is -0.143 e. The summed E-state index contributed by atoms with van der Waals surface area (Å²) in [6, 6.07) is 48.3. The van der Waals surface area contributed by atoms with E-state index in [-0.39, 0.29) is 0 Å². The number of fused-ring (bicyclic) bond motifs is 27. The molecule has 234 valence electrons. The summed E-state index contributed by atoms with van der Waals surface area (Å²) in [6.07, 6.45) is 0. The van der Waals surface area contributed by atoms with Crippen LogP contribution in [0.5, 0.6) is 0 Å². The summed E-state index contributed by atoms with van der Waals surface area (Å²) in [5.74, 6) is 0. The Morgan fingerprint density at radius 3 is 0.863 bits per heavy atom. The zero-order valence-electron chi connectivity index (χ0n) is 27.1. The van der Waals surface area contributed by atoms with Crippen LogP contribution in [0, 0.1) is 0 Å². The lowest BCUT2D eigenvalue weighted by molar-refractivity contribution is 1.81. The Balaban J connectivity index is 1.49. The molecule has 0 aliphatic rings. The van der Waals surface area contributed by atoms with E-state index in [0.717, 1.165) is 0 Å². The van der Waals surface area contributed by atoms with Crippen molar-refractivity contribution in [2.75, 3.05) is 0 Å². The fourth-order valence-electron chi connectivity index (χ4n) is 9.65. The van der Waals surface area contributed by atoms with Crippen LogP contribution >= 0.6 is 34.0 Å². The highest BCUT2D eigenvalue weighted by atomic mass is 32.1. The molecule has 0 spiro atoms. The molecular formula is C48H24S3.